The highest BCUT2D eigenvalue weighted by molar-refractivity contribution is 6.14. The van der Waals surface area contributed by atoms with E-state index in [9.17, 15) is 17.6 Å². The molecule has 1 heterocycles. The Hall–Kier alpha value is -2.95. The van der Waals surface area contributed by atoms with Gasteiger partial charge in [0.05, 0.1) is 5.69 Å². The number of aromatic nitrogens is 1. The smallest absolute Gasteiger partial charge is 0.256 e. The van der Waals surface area contributed by atoms with Crippen LogP contribution in [0.3, 0.4) is 0 Å². The van der Waals surface area contributed by atoms with Gasteiger partial charge in [-0.1, -0.05) is 30.3 Å². The summed E-state index contributed by atoms with van der Waals surface area (Å²) in [6.45, 7) is 1.20. The number of nitrogens with zero attached hydrogens (tertiary/aromatic N) is 1. The minimum absolute atomic E-state index is 0.116. The fourth-order valence-corrected chi connectivity index (χ4v) is 4.26. The molecule has 0 saturated carbocycles. The maximum Gasteiger partial charge on any atom is 0.402 e. The lowest BCUT2D eigenvalue weighted by Crippen LogP contribution is -2.42. The van der Waals surface area contributed by atoms with Crippen LogP contribution in [-0.4, -0.2) is 11.2 Å². The van der Waals surface area contributed by atoms with E-state index in [4.69, 9.17) is 0 Å². The molecule has 1 unspecified atom stereocenters. The van der Waals surface area contributed by atoms with Gasteiger partial charge in [-0.15, -0.1) is 0 Å². The van der Waals surface area contributed by atoms with Gasteiger partial charge in [-0.05, 0) is 58.5 Å². The van der Waals surface area contributed by atoms with Crippen molar-refractivity contribution in [1.29, 1.82) is 0 Å². The first-order valence-corrected chi connectivity index (χ1v) is 8.50. The fraction of sp³-hybridized carbons (Fsp3) is 0.136. The Morgan fingerprint density at radius 3 is 2.44 bits per heavy atom. The Labute approximate surface area is 152 Å². The topological polar surface area (TPSA) is 12.9 Å². The van der Waals surface area contributed by atoms with Crippen LogP contribution in [-0.2, 0) is 5.41 Å². The number of halogens is 4. The number of rotatable bonds is 0. The average molecular weight is 367 g/mol. The van der Waals surface area contributed by atoms with Crippen molar-refractivity contribution in [3.8, 4) is 11.3 Å². The zero-order valence-electron chi connectivity index (χ0n) is 14.2. The van der Waals surface area contributed by atoms with E-state index >= 15 is 0 Å². The third-order valence-corrected chi connectivity index (χ3v) is 5.65. The van der Waals surface area contributed by atoms with E-state index in [2.05, 4.69) is 4.98 Å². The molecule has 1 aliphatic carbocycles. The zero-order valence-corrected chi connectivity index (χ0v) is 14.2. The van der Waals surface area contributed by atoms with Gasteiger partial charge >= 0.3 is 6.18 Å². The highest BCUT2D eigenvalue weighted by Crippen LogP contribution is 2.55. The summed E-state index contributed by atoms with van der Waals surface area (Å²) in [6, 6.07) is 13.9. The lowest BCUT2D eigenvalue weighted by molar-refractivity contribution is -0.172. The average Bonchev–Trinajstić information content (AvgIpc) is 2.64. The van der Waals surface area contributed by atoms with Gasteiger partial charge in [0.15, 0.2) is 0 Å². The van der Waals surface area contributed by atoms with E-state index in [1.165, 1.54) is 31.2 Å². The minimum atomic E-state index is -4.52. The molecule has 1 atom stereocenters. The lowest BCUT2D eigenvalue weighted by atomic mass is 9.67. The van der Waals surface area contributed by atoms with Crippen LogP contribution in [0, 0.1) is 5.82 Å². The molecule has 3 aromatic carbocycles. The van der Waals surface area contributed by atoms with Crippen LogP contribution in [0.15, 0.2) is 60.8 Å². The van der Waals surface area contributed by atoms with Gasteiger partial charge in [0.2, 0.25) is 0 Å². The van der Waals surface area contributed by atoms with E-state index in [0.29, 0.717) is 32.8 Å². The monoisotopic (exact) mass is 367 g/mol. The summed E-state index contributed by atoms with van der Waals surface area (Å²) in [5.74, 6) is -0.478. The van der Waals surface area contributed by atoms with Crippen molar-refractivity contribution in [1.82, 2.24) is 4.98 Å². The molecule has 5 heteroatoms. The summed E-state index contributed by atoms with van der Waals surface area (Å²) in [4.78, 5) is 4.41. The summed E-state index contributed by atoms with van der Waals surface area (Å²) < 4.78 is 57.0. The second-order valence-electron chi connectivity index (χ2n) is 7.04. The van der Waals surface area contributed by atoms with Crippen LogP contribution in [0.2, 0.25) is 0 Å². The Kier molecular flexibility index (Phi) is 3.05. The van der Waals surface area contributed by atoms with Crippen molar-refractivity contribution < 1.29 is 17.6 Å². The largest absolute Gasteiger partial charge is 0.402 e. The van der Waals surface area contributed by atoms with Crippen molar-refractivity contribution in [2.75, 3.05) is 0 Å². The van der Waals surface area contributed by atoms with Crippen molar-refractivity contribution in [3.63, 3.8) is 0 Å². The molecular formula is C22H13F4N. The minimum Gasteiger partial charge on any atom is -0.256 e. The maximum atomic E-state index is 14.4. The molecular weight excluding hydrogens is 354 g/mol. The van der Waals surface area contributed by atoms with Gasteiger partial charge in [0.25, 0.3) is 0 Å². The predicted octanol–water partition coefficient (Wildman–Crippen LogP) is 6.38. The summed E-state index contributed by atoms with van der Waals surface area (Å²) >= 11 is 0. The van der Waals surface area contributed by atoms with Gasteiger partial charge in [-0.3, -0.25) is 4.98 Å². The summed E-state index contributed by atoms with van der Waals surface area (Å²) in [5, 5.41) is 2.29. The van der Waals surface area contributed by atoms with Crippen LogP contribution >= 0.6 is 0 Å². The Bertz CT molecular complexity index is 1240. The Morgan fingerprint density at radius 1 is 0.889 bits per heavy atom. The molecule has 0 spiro atoms. The van der Waals surface area contributed by atoms with Crippen LogP contribution in [0.5, 0.6) is 0 Å². The summed E-state index contributed by atoms with van der Waals surface area (Å²) in [6.07, 6.45) is -2.93. The van der Waals surface area contributed by atoms with E-state index in [-0.39, 0.29) is 11.1 Å². The second-order valence-corrected chi connectivity index (χ2v) is 7.04. The summed E-state index contributed by atoms with van der Waals surface area (Å²) in [7, 11) is 0. The predicted molar refractivity (Wildman–Crippen MR) is 97.2 cm³/mol. The molecule has 1 aliphatic rings. The first-order chi connectivity index (χ1) is 12.8. The van der Waals surface area contributed by atoms with E-state index in [1.807, 2.05) is 0 Å². The van der Waals surface area contributed by atoms with Gasteiger partial charge in [-0.2, -0.15) is 13.2 Å². The number of benzene rings is 3. The molecule has 0 amide bonds. The molecule has 0 N–H and O–H groups in total. The normalized spacial score (nSPS) is 18.7. The number of hydrogen-bond acceptors (Lipinski definition) is 1. The standard InChI is InChI=1S/C22H13F4N/c1-21(22(24,25)26)17-5-3-2-4-16(17)20-19-15(8-9-27-20)14-7-6-13(23)10-12(14)11-18(19)21/h2-11H,1H3. The van der Waals surface area contributed by atoms with Gasteiger partial charge in [0, 0.05) is 17.1 Å². The van der Waals surface area contributed by atoms with E-state index in [0.717, 1.165) is 0 Å². The molecule has 0 radical (unpaired) electrons. The summed E-state index contributed by atoms with van der Waals surface area (Å²) in [5.41, 5.74) is -0.910. The number of fused-ring (bicyclic) bond motifs is 4. The molecule has 0 aliphatic heterocycles. The number of hydrogen-bond donors (Lipinski definition) is 0. The Morgan fingerprint density at radius 2 is 1.67 bits per heavy atom. The number of alkyl halides is 3. The third kappa shape index (κ3) is 1.97. The quantitative estimate of drug-likeness (QED) is 0.260. The van der Waals surface area contributed by atoms with Crippen molar-refractivity contribution in [3.05, 3.63) is 77.7 Å². The molecule has 0 fully saturated rings. The lowest BCUT2D eigenvalue weighted by Gasteiger charge is -2.39. The maximum absolute atomic E-state index is 14.4. The molecule has 134 valence electrons. The van der Waals surface area contributed by atoms with Crippen LogP contribution in [0.4, 0.5) is 17.6 Å². The van der Waals surface area contributed by atoms with Crippen LogP contribution in [0.25, 0.3) is 32.8 Å². The highest BCUT2D eigenvalue weighted by Gasteiger charge is 2.56. The van der Waals surface area contributed by atoms with Gasteiger partial charge < -0.3 is 0 Å². The molecule has 5 rings (SSSR count). The zero-order chi connectivity index (χ0) is 19.0. The van der Waals surface area contributed by atoms with Crippen molar-refractivity contribution in [2.45, 2.75) is 18.5 Å². The SMILES string of the molecule is CC1(C(F)(F)F)c2ccccc2-c2nccc3c2c1cc1cc(F)ccc13. The van der Waals surface area contributed by atoms with Crippen LogP contribution < -0.4 is 0 Å². The molecule has 1 nitrogen and oxygen atoms in total. The molecule has 27 heavy (non-hydrogen) atoms. The fourth-order valence-electron chi connectivity index (χ4n) is 4.26. The van der Waals surface area contributed by atoms with Crippen molar-refractivity contribution >= 4 is 21.5 Å². The van der Waals surface area contributed by atoms with E-state index in [1.54, 1.807) is 36.5 Å². The van der Waals surface area contributed by atoms with E-state index < -0.39 is 17.4 Å². The second kappa shape index (κ2) is 5.06. The van der Waals surface area contributed by atoms with Crippen LogP contribution in [0.1, 0.15) is 18.1 Å². The third-order valence-electron chi connectivity index (χ3n) is 5.65. The number of pyridine rings is 1. The van der Waals surface area contributed by atoms with Crippen molar-refractivity contribution in [2.24, 2.45) is 0 Å². The molecule has 0 bridgehead atoms. The highest BCUT2D eigenvalue weighted by atomic mass is 19.4. The molecule has 4 aromatic rings. The Balaban J connectivity index is 2.08. The first-order valence-electron chi connectivity index (χ1n) is 8.50. The van der Waals surface area contributed by atoms with Gasteiger partial charge in [0.1, 0.15) is 11.2 Å². The van der Waals surface area contributed by atoms with Gasteiger partial charge in [-0.25, -0.2) is 4.39 Å². The first kappa shape index (κ1) is 16.2. The molecule has 0 saturated heterocycles. The molecule has 1 aromatic heterocycles.